The molecule has 0 atom stereocenters. The van der Waals surface area contributed by atoms with Crippen LogP contribution in [0.2, 0.25) is 0 Å². The summed E-state index contributed by atoms with van der Waals surface area (Å²) >= 11 is 1.20. The molecule has 0 unspecified atom stereocenters. The van der Waals surface area contributed by atoms with Gasteiger partial charge in [0.25, 0.3) is 0 Å². The smallest absolute Gasteiger partial charge is 0.234 e. The summed E-state index contributed by atoms with van der Waals surface area (Å²) in [4.78, 5) is 17.0. The average Bonchev–Trinajstić information content (AvgIpc) is 3.52. The number of benzene rings is 2. The van der Waals surface area contributed by atoms with Crippen molar-refractivity contribution < 1.29 is 13.6 Å². The molecule has 1 amide bonds. The van der Waals surface area contributed by atoms with Crippen molar-refractivity contribution in [3.05, 3.63) is 79.3 Å². The van der Waals surface area contributed by atoms with E-state index in [2.05, 4.69) is 20.5 Å². The van der Waals surface area contributed by atoms with Crippen LogP contribution in [0.15, 0.2) is 93.2 Å². The lowest BCUT2D eigenvalue weighted by Crippen LogP contribution is -2.14. The highest BCUT2D eigenvalue weighted by molar-refractivity contribution is 7.99. The van der Waals surface area contributed by atoms with Crippen LogP contribution in [-0.2, 0) is 4.79 Å². The number of anilines is 1. The van der Waals surface area contributed by atoms with E-state index in [0.717, 1.165) is 16.5 Å². The van der Waals surface area contributed by atoms with Crippen molar-refractivity contribution in [3.8, 4) is 22.9 Å². The first-order valence-corrected chi connectivity index (χ1v) is 10.5. The third-order valence-corrected chi connectivity index (χ3v) is 5.38. The van der Waals surface area contributed by atoms with Gasteiger partial charge in [0.15, 0.2) is 17.2 Å². The summed E-state index contributed by atoms with van der Waals surface area (Å²) in [6, 6.07) is 20.9. The topological polar surface area (TPSA) is 94.0 Å². The van der Waals surface area contributed by atoms with Crippen LogP contribution >= 0.6 is 11.8 Å². The SMILES string of the molecule is O=C(CSc1nnc(-c2ccco2)c(-c2ccco2)n1)Nc1ccc2ccccc2c1. The quantitative estimate of drug-likeness (QED) is 0.368. The van der Waals surface area contributed by atoms with Crippen LogP contribution in [0.4, 0.5) is 5.69 Å². The number of carbonyl (C=O) groups excluding carboxylic acids is 1. The second-order valence-electron chi connectivity index (χ2n) is 6.64. The number of carbonyl (C=O) groups is 1. The van der Waals surface area contributed by atoms with Crippen LogP contribution in [0.5, 0.6) is 0 Å². The van der Waals surface area contributed by atoms with Gasteiger partial charge in [0.05, 0.1) is 18.3 Å². The minimum Gasteiger partial charge on any atom is -0.463 e. The maximum Gasteiger partial charge on any atom is 0.234 e. The molecule has 0 spiro atoms. The third kappa shape index (κ3) is 4.19. The lowest BCUT2D eigenvalue weighted by atomic mass is 10.1. The molecular formula is C23H16N4O3S. The van der Waals surface area contributed by atoms with Gasteiger partial charge in [-0.1, -0.05) is 42.1 Å². The van der Waals surface area contributed by atoms with Crippen LogP contribution in [0.1, 0.15) is 0 Å². The summed E-state index contributed by atoms with van der Waals surface area (Å²) in [5.41, 5.74) is 1.73. The van der Waals surface area contributed by atoms with Crippen molar-refractivity contribution >= 4 is 34.1 Å². The number of thioether (sulfide) groups is 1. The minimum absolute atomic E-state index is 0.145. The van der Waals surface area contributed by atoms with E-state index in [1.54, 1.807) is 36.8 Å². The Balaban J connectivity index is 1.31. The standard InChI is InChI=1S/C23H16N4O3S/c28-20(24-17-10-9-15-5-1-2-6-16(15)13-17)14-31-23-25-21(18-7-3-11-29-18)22(26-27-23)19-8-4-12-30-19/h1-13H,14H2,(H,24,28). The van der Waals surface area contributed by atoms with Crippen molar-refractivity contribution in [1.29, 1.82) is 0 Å². The van der Waals surface area contributed by atoms with E-state index in [0.29, 0.717) is 28.1 Å². The van der Waals surface area contributed by atoms with Crippen LogP contribution in [0.3, 0.4) is 0 Å². The number of nitrogens with zero attached hydrogens (tertiary/aromatic N) is 3. The van der Waals surface area contributed by atoms with E-state index < -0.39 is 0 Å². The molecule has 0 fully saturated rings. The molecule has 0 aliphatic heterocycles. The summed E-state index contributed by atoms with van der Waals surface area (Å²) in [5, 5.41) is 13.9. The Morgan fingerprint density at radius 1 is 0.839 bits per heavy atom. The minimum atomic E-state index is -0.154. The summed E-state index contributed by atoms with van der Waals surface area (Å²) < 4.78 is 10.9. The number of amides is 1. The van der Waals surface area contributed by atoms with E-state index in [1.165, 1.54) is 11.8 Å². The van der Waals surface area contributed by atoms with E-state index in [4.69, 9.17) is 8.83 Å². The second-order valence-corrected chi connectivity index (χ2v) is 7.59. The predicted molar refractivity (Wildman–Crippen MR) is 119 cm³/mol. The highest BCUT2D eigenvalue weighted by Crippen LogP contribution is 2.30. The fourth-order valence-electron chi connectivity index (χ4n) is 3.13. The molecule has 0 saturated heterocycles. The largest absolute Gasteiger partial charge is 0.463 e. The third-order valence-electron chi connectivity index (χ3n) is 4.54. The van der Waals surface area contributed by atoms with Gasteiger partial charge < -0.3 is 14.2 Å². The van der Waals surface area contributed by atoms with Crippen LogP contribution in [-0.4, -0.2) is 26.8 Å². The second kappa shape index (κ2) is 8.45. The summed E-state index contributed by atoms with van der Waals surface area (Å²) in [5.74, 6) is 1.07. The highest BCUT2D eigenvalue weighted by atomic mass is 32.2. The summed E-state index contributed by atoms with van der Waals surface area (Å²) in [6.07, 6.45) is 3.12. The Hall–Kier alpha value is -3.91. The molecule has 0 bridgehead atoms. The zero-order valence-electron chi connectivity index (χ0n) is 16.2. The molecule has 31 heavy (non-hydrogen) atoms. The van der Waals surface area contributed by atoms with Gasteiger partial charge in [-0.2, -0.15) is 0 Å². The van der Waals surface area contributed by atoms with E-state index >= 15 is 0 Å². The molecular weight excluding hydrogens is 412 g/mol. The van der Waals surface area contributed by atoms with Gasteiger partial charge >= 0.3 is 0 Å². The van der Waals surface area contributed by atoms with E-state index in [9.17, 15) is 4.79 Å². The van der Waals surface area contributed by atoms with Gasteiger partial charge in [-0.3, -0.25) is 4.79 Å². The molecule has 152 valence electrons. The first-order valence-electron chi connectivity index (χ1n) is 9.50. The molecule has 5 aromatic rings. The molecule has 0 aliphatic carbocycles. The summed E-state index contributed by atoms with van der Waals surface area (Å²) in [6.45, 7) is 0. The van der Waals surface area contributed by atoms with E-state index in [1.807, 2.05) is 42.5 Å². The molecule has 0 radical (unpaired) electrons. The molecule has 3 aromatic heterocycles. The zero-order chi connectivity index (χ0) is 21.0. The monoisotopic (exact) mass is 428 g/mol. The number of furan rings is 2. The van der Waals surface area contributed by atoms with Gasteiger partial charge in [0.2, 0.25) is 11.1 Å². The van der Waals surface area contributed by atoms with Crippen molar-refractivity contribution in [2.24, 2.45) is 0 Å². The number of hydrogen-bond acceptors (Lipinski definition) is 7. The average molecular weight is 428 g/mol. The normalized spacial score (nSPS) is 11.0. The van der Waals surface area contributed by atoms with Gasteiger partial charge in [-0.05, 0) is 47.2 Å². The predicted octanol–water partition coefficient (Wildman–Crippen LogP) is 5.28. The molecule has 8 heteroatoms. The number of aromatic nitrogens is 3. The van der Waals surface area contributed by atoms with Crippen LogP contribution in [0, 0.1) is 0 Å². The Morgan fingerprint density at radius 2 is 1.58 bits per heavy atom. The fourth-order valence-corrected chi connectivity index (χ4v) is 3.72. The van der Waals surface area contributed by atoms with Crippen molar-refractivity contribution in [3.63, 3.8) is 0 Å². The molecule has 2 aromatic carbocycles. The summed E-state index contributed by atoms with van der Waals surface area (Å²) in [7, 11) is 0. The number of fused-ring (bicyclic) bond motifs is 1. The maximum absolute atomic E-state index is 12.4. The Morgan fingerprint density at radius 3 is 2.32 bits per heavy atom. The Kier molecular flexibility index (Phi) is 5.20. The molecule has 0 saturated carbocycles. The van der Waals surface area contributed by atoms with Gasteiger partial charge in [0, 0.05) is 5.69 Å². The molecule has 5 rings (SSSR count). The Bertz CT molecular complexity index is 1330. The molecule has 0 aliphatic rings. The van der Waals surface area contributed by atoms with Crippen LogP contribution in [0.25, 0.3) is 33.7 Å². The highest BCUT2D eigenvalue weighted by Gasteiger charge is 2.18. The van der Waals surface area contributed by atoms with Crippen molar-refractivity contribution in [2.75, 3.05) is 11.1 Å². The first-order chi connectivity index (χ1) is 15.3. The van der Waals surface area contributed by atoms with Gasteiger partial charge in [0.1, 0.15) is 5.69 Å². The maximum atomic E-state index is 12.4. The lowest BCUT2D eigenvalue weighted by Gasteiger charge is -2.07. The molecule has 3 heterocycles. The number of hydrogen-bond donors (Lipinski definition) is 1. The van der Waals surface area contributed by atoms with Crippen molar-refractivity contribution in [2.45, 2.75) is 5.16 Å². The first kappa shape index (κ1) is 19.1. The molecule has 1 N–H and O–H groups in total. The number of rotatable bonds is 6. The van der Waals surface area contributed by atoms with E-state index in [-0.39, 0.29) is 11.7 Å². The zero-order valence-corrected chi connectivity index (χ0v) is 17.0. The fraction of sp³-hybridized carbons (Fsp3) is 0.0435. The van der Waals surface area contributed by atoms with Crippen LogP contribution < -0.4 is 5.32 Å². The van der Waals surface area contributed by atoms with Crippen molar-refractivity contribution in [1.82, 2.24) is 15.2 Å². The molecule has 7 nitrogen and oxygen atoms in total. The number of nitrogens with one attached hydrogen (secondary N) is 1. The van der Waals surface area contributed by atoms with Gasteiger partial charge in [-0.15, -0.1) is 10.2 Å². The van der Waals surface area contributed by atoms with Gasteiger partial charge in [-0.25, -0.2) is 4.98 Å². The Labute approximate surface area is 181 Å². The lowest BCUT2D eigenvalue weighted by molar-refractivity contribution is -0.113.